The van der Waals surface area contributed by atoms with Crippen molar-refractivity contribution in [2.45, 2.75) is 26.3 Å². The van der Waals surface area contributed by atoms with E-state index in [-0.39, 0.29) is 0 Å². The number of unbranched alkanes of at least 4 members (excludes halogenated alkanes) is 1. The minimum absolute atomic E-state index is 1.15. The van der Waals surface area contributed by atoms with Crippen LogP contribution in [0.4, 0.5) is 0 Å². The molecule has 1 aromatic heterocycles. The first-order chi connectivity index (χ1) is 6.83. The summed E-state index contributed by atoms with van der Waals surface area (Å²) < 4.78 is 4.28. The van der Waals surface area contributed by atoms with Gasteiger partial charge in [0.2, 0.25) is 6.33 Å². The molecule has 0 aromatic carbocycles. The number of aromatic nitrogens is 2. The molecule has 2 nitrogen and oxygen atoms in total. The third-order valence-corrected chi connectivity index (χ3v) is 1.59. The van der Waals surface area contributed by atoms with E-state index >= 15 is 0 Å². The molecule has 1 rings (SSSR count). The summed E-state index contributed by atoms with van der Waals surface area (Å²) in [5.41, 5.74) is 0. The Kier molecular flexibility index (Phi) is 9.32. The molecule has 0 unspecified atom stereocenters. The third kappa shape index (κ3) is 13.4. The molecule has 0 radical (unpaired) electrons. The van der Waals surface area contributed by atoms with Crippen LogP contribution in [0.3, 0.4) is 0 Å². The molecule has 0 fully saturated rings. The second-order valence-corrected chi connectivity index (χ2v) is 43.5. The summed E-state index contributed by atoms with van der Waals surface area (Å²) in [6, 6.07) is 0. The Bertz CT molecular complexity index is 269. The Hall–Kier alpha value is 1.43. The van der Waals surface area contributed by atoms with Crippen molar-refractivity contribution in [3.8, 4) is 0 Å². The number of hydrogen-bond donors (Lipinski definition) is 0. The Morgan fingerprint density at radius 1 is 1.40 bits per heavy atom. The molecule has 7 heteroatoms. The van der Waals surface area contributed by atoms with Gasteiger partial charge in [0.1, 0.15) is 12.4 Å². The summed E-state index contributed by atoms with van der Waals surface area (Å²) in [6.07, 6.45) is 8.82. The molecule has 15 heavy (non-hydrogen) atoms. The van der Waals surface area contributed by atoms with Crippen LogP contribution < -0.4 is 4.57 Å². The number of rotatable bonds is 3. The zero-order valence-electron chi connectivity index (χ0n) is 8.84. The van der Waals surface area contributed by atoms with E-state index in [1.54, 1.807) is 0 Å². The quantitative estimate of drug-likeness (QED) is 0.635. The Balaban J connectivity index is 0.000000336. The van der Waals surface area contributed by atoms with E-state index in [1.807, 2.05) is 7.05 Å². The van der Waals surface area contributed by atoms with Gasteiger partial charge in [-0.1, -0.05) is 13.3 Å². The van der Waals surface area contributed by atoms with Crippen molar-refractivity contribution in [3.05, 3.63) is 18.7 Å². The molecular weight excluding hydrogens is 425 g/mol. The topological polar surface area (TPSA) is 8.81 Å². The van der Waals surface area contributed by atoms with Crippen LogP contribution in [0, 0.1) is 0 Å². The van der Waals surface area contributed by atoms with Crippen LogP contribution in [-0.2, 0) is 13.6 Å². The van der Waals surface area contributed by atoms with Crippen LogP contribution >= 0.6 is 38.0 Å². The zero-order valence-corrected chi connectivity index (χ0v) is 16.0. The van der Waals surface area contributed by atoms with E-state index in [0.717, 1.165) is 6.54 Å². The number of halogens is 4. The van der Waals surface area contributed by atoms with E-state index < -0.39 is 14.1 Å². The molecule has 1 aromatic rings. The van der Waals surface area contributed by atoms with Crippen molar-refractivity contribution < 1.29 is 4.57 Å². The van der Waals surface area contributed by atoms with Gasteiger partial charge in [0.05, 0.1) is 13.6 Å². The van der Waals surface area contributed by atoms with Gasteiger partial charge in [-0.2, -0.15) is 0 Å². The molecule has 0 amide bonds. The maximum absolute atomic E-state index is 5.20. The van der Waals surface area contributed by atoms with Crippen molar-refractivity contribution in [1.82, 2.24) is 4.57 Å². The number of hydrogen-bond acceptors (Lipinski definition) is 0. The fourth-order valence-corrected chi connectivity index (χ4v) is 0.975. The molecule has 0 aliphatic rings. The molecule has 1 heterocycles. The Labute approximate surface area is 112 Å². The number of nitrogens with zero attached hydrogens (tertiary/aromatic N) is 2. The normalized spacial score (nSPS) is 10.8. The van der Waals surface area contributed by atoms with Gasteiger partial charge in [0.15, 0.2) is 0 Å². The second kappa shape index (κ2) is 8.51. The van der Waals surface area contributed by atoms with Crippen molar-refractivity contribution in [1.29, 1.82) is 0 Å². The van der Waals surface area contributed by atoms with Crippen LogP contribution in [0.15, 0.2) is 18.7 Å². The summed E-state index contributed by atoms with van der Waals surface area (Å²) in [6.45, 7) is 3.36. The Morgan fingerprint density at radius 2 is 1.93 bits per heavy atom. The van der Waals surface area contributed by atoms with E-state index in [9.17, 15) is 0 Å². The fourth-order valence-electron chi connectivity index (χ4n) is 0.975. The van der Waals surface area contributed by atoms with E-state index in [2.05, 4.69) is 47.1 Å². The summed E-state index contributed by atoms with van der Waals surface area (Å²) >= 11 is -0.140. The van der Waals surface area contributed by atoms with Gasteiger partial charge in [-0.05, 0) is 6.42 Å². The predicted octanol–water partition coefficient (Wildman–Crippen LogP) is 3.65. The Morgan fingerprint density at radius 3 is 2.27 bits per heavy atom. The summed E-state index contributed by atoms with van der Waals surface area (Å²) in [5.74, 6) is 0. The fraction of sp³-hybridized carbons (Fsp3) is 0.625. The van der Waals surface area contributed by atoms with E-state index in [0.29, 0.717) is 0 Å². The van der Waals surface area contributed by atoms with Gasteiger partial charge in [-0.25, -0.2) is 9.13 Å². The monoisotopic (exact) mass is 438 g/mol. The number of imidazole rings is 1. The van der Waals surface area contributed by atoms with E-state index in [4.69, 9.17) is 25.7 Å². The van der Waals surface area contributed by atoms with Crippen molar-refractivity contribution in [3.63, 3.8) is 0 Å². The molecule has 0 aliphatic heterocycles. The van der Waals surface area contributed by atoms with Crippen molar-refractivity contribution >= 4 is 52.1 Å². The molecule has 0 saturated carbocycles. The zero-order chi connectivity index (χ0) is 11.9. The first kappa shape index (κ1) is 16.4. The molecule has 88 valence electrons. The molecule has 0 bridgehead atoms. The molecule has 0 spiro atoms. The molecule has 0 N–H and O–H groups in total. The van der Waals surface area contributed by atoms with Crippen molar-refractivity contribution in [2.75, 3.05) is 0 Å². The van der Waals surface area contributed by atoms with Gasteiger partial charge in [-0.15, -0.1) is 0 Å². The first-order valence-corrected chi connectivity index (χ1v) is 24.6. The average Bonchev–Trinajstić information content (AvgIpc) is 2.45. The second-order valence-electron chi connectivity index (χ2n) is 3.17. The SMILES string of the molecule is CCCCn1cc[n+](C)c1.[Cl][In-]([Cl])([Cl])[Br]. The number of aryl methyl sites for hydroxylation is 2. The average molecular weight is 440 g/mol. The predicted molar refractivity (Wildman–Crippen MR) is 72.8 cm³/mol. The molecule has 0 atom stereocenters. The van der Waals surface area contributed by atoms with Crippen LogP contribution in [0.5, 0.6) is 0 Å². The third-order valence-electron chi connectivity index (χ3n) is 1.59. The van der Waals surface area contributed by atoms with Crippen LogP contribution in [0.25, 0.3) is 0 Å². The van der Waals surface area contributed by atoms with Crippen molar-refractivity contribution in [2.24, 2.45) is 7.05 Å². The standard InChI is InChI=1S/C8H15N2.BrH.3ClH.In/c1-3-4-5-10-7-6-9(2)8-10;;;;;/h6-8H,3-5H2,1-2H3;4*1H;/q+1;;;;;+3/p-4. The maximum atomic E-state index is 5.20. The molecule has 0 saturated heterocycles. The summed E-state index contributed by atoms with van der Waals surface area (Å²) in [4.78, 5) is 0. The molecule has 0 aliphatic carbocycles. The molecular formula is C8H15BrCl3InN2. The van der Waals surface area contributed by atoms with Crippen LogP contribution in [0.2, 0.25) is 0 Å². The van der Waals surface area contributed by atoms with Gasteiger partial charge < -0.3 is 0 Å². The van der Waals surface area contributed by atoms with Gasteiger partial charge in [0.25, 0.3) is 0 Å². The van der Waals surface area contributed by atoms with Crippen LogP contribution in [0.1, 0.15) is 19.8 Å². The van der Waals surface area contributed by atoms with Gasteiger partial charge in [0, 0.05) is 0 Å². The van der Waals surface area contributed by atoms with Gasteiger partial charge >= 0.3 is 52.1 Å². The first-order valence-electron chi connectivity index (χ1n) is 4.71. The van der Waals surface area contributed by atoms with Gasteiger partial charge in [-0.3, -0.25) is 0 Å². The minimum atomic E-state index is -3.03. The van der Waals surface area contributed by atoms with E-state index in [1.165, 1.54) is 12.8 Å². The summed E-state index contributed by atoms with van der Waals surface area (Å²) in [5, 5.41) is 0. The summed E-state index contributed by atoms with van der Waals surface area (Å²) in [7, 11) is 17.6. The van der Waals surface area contributed by atoms with Crippen LogP contribution in [-0.4, -0.2) is 18.7 Å².